The highest BCUT2D eigenvalue weighted by atomic mass is 127. The number of hydrogen-bond donors (Lipinski definition) is 2. The average Bonchev–Trinajstić information content (AvgIpc) is 2.53. The molecule has 1 saturated heterocycles. The number of benzene rings is 1. The van der Waals surface area contributed by atoms with Gasteiger partial charge >= 0.3 is 0 Å². The number of halogens is 2. The lowest BCUT2D eigenvalue weighted by Gasteiger charge is -2.36. The van der Waals surface area contributed by atoms with Crippen LogP contribution in [0.4, 0.5) is 4.39 Å². The molecule has 1 fully saturated rings. The minimum atomic E-state index is -0.190. The molecule has 0 atom stereocenters. The fraction of sp³-hybridized carbons (Fsp3) is 0.611. The Morgan fingerprint density at radius 3 is 2.62 bits per heavy atom. The Kier molecular flexibility index (Phi) is 8.97. The zero-order valence-corrected chi connectivity index (χ0v) is 17.1. The molecule has 0 unspecified atom stereocenters. The summed E-state index contributed by atoms with van der Waals surface area (Å²) < 4.78 is 19.2. The fourth-order valence-electron chi connectivity index (χ4n) is 2.94. The summed E-state index contributed by atoms with van der Waals surface area (Å²) >= 11 is 0. The summed E-state index contributed by atoms with van der Waals surface area (Å²) in [5.74, 6) is 0.620. The van der Waals surface area contributed by atoms with E-state index in [1.165, 1.54) is 6.07 Å². The highest BCUT2D eigenvalue weighted by molar-refractivity contribution is 14.0. The molecule has 1 heterocycles. The van der Waals surface area contributed by atoms with Crippen LogP contribution >= 0.6 is 24.0 Å². The Morgan fingerprint density at radius 2 is 2.04 bits per heavy atom. The summed E-state index contributed by atoms with van der Waals surface area (Å²) in [6.45, 7) is 9.05. The van der Waals surface area contributed by atoms with Crippen LogP contribution in [0, 0.1) is 5.82 Å². The van der Waals surface area contributed by atoms with E-state index in [1.54, 1.807) is 12.1 Å². The van der Waals surface area contributed by atoms with Gasteiger partial charge in [-0.3, -0.25) is 4.99 Å². The summed E-state index contributed by atoms with van der Waals surface area (Å²) in [4.78, 5) is 4.77. The minimum absolute atomic E-state index is 0. The summed E-state index contributed by atoms with van der Waals surface area (Å²) in [6.07, 6.45) is 1.72. The van der Waals surface area contributed by atoms with Gasteiger partial charge in [0.1, 0.15) is 5.82 Å². The predicted octanol–water partition coefficient (Wildman–Crippen LogP) is 3.46. The number of nitrogens with zero attached hydrogens (tertiary/aromatic N) is 1. The van der Waals surface area contributed by atoms with E-state index < -0.39 is 0 Å². The SMILES string of the molecule is CCNC(=NCC1(c2cccc(F)c2)CCOCC1)NC(C)C.I. The second-order valence-corrected chi connectivity index (χ2v) is 6.40. The lowest BCUT2D eigenvalue weighted by molar-refractivity contribution is 0.0530. The second-order valence-electron chi connectivity index (χ2n) is 6.40. The van der Waals surface area contributed by atoms with Crippen molar-refractivity contribution in [1.82, 2.24) is 10.6 Å². The first-order valence-electron chi connectivity index (χ1n) is 8.44. The Bertz CT molecular complexity index is 531. The number of nitrogens with one attached hydrogen (secondary N) is 2. The third-order valence-electron chi connectivity index (χ3n) is 4.20. The van der Waals surface area contributed by atoms with Crippen molar-refractivity contribution >= 4 is 29.9 Å². The monoisotopic (exact) mass is 449 g/mol. The maximum atomic E-state index is 13.7. The van der Waals surface area contributed by atoms with Gasteiger partial charge in [0.25, 0.3) is 0 Å². The van der Waals surface area contributed by atoms with E-state index in [2.05, 4.69) is 24.5 Å². The molecule has 1 aliphatic heterocycles. The molecule has 4 nitrogen and oxygen atoms in total. The summed E-state index contributed by atoms with van der Waals surface area (Å²) in [7, 11) is 0. The molecule has 24 heavy (non-hydrogen) atoms. The first-order chi connectivity index (χ1) is 11.1. The van der Waals surface area contributed by atoms with Crippen LogP contribution in [0.25, 0.3) is 0 Å². The van der Waals surface area contributed by atoms with Crippen LogP contribution in [-0.4, -0.2) is 38.3 Å². The average molecular weight is 449 g/mol. The lowest BCUT2D eigenvalue weighted by Crippen LogP contribution is -2.43. The molecule has 136 valence electrons. The Hall–Kier alpha value is -0.890. The molecule has 0 spiro atoms. The zero-order valence-electron chi connectivity index (χ0n) is 14.8. The van der Waals surface area contributed by atoms with Crippen molar-refractivity contribution in [3.63, 3.8) is 0 Å². The maximum Gasteiger partial charge on any atom is 0.191 e. The second kappa shape index (κ2) is 10.2. The van der Waals surface area contributed by atoms with E-state index in [0.717, 1.165) is 30.9 Å². The molecule has 1 aromatic carbocycles. The molecule has 0 bridgehead atoms. The van der Waals surface area contributed by atoms with E-state index in [4.69, 9.17) is 9.73 Å². The standard InChI is InChI=1S/C18H28FN3O.HI/c1-4-20-17(22-14(2)3)21-13-18(8-10-23-11-9-18)15-6-5-7-16(19)12-15;/h5-7,12,14H,4,8-11,13H2,1-3H3,(H2,20,21,22);1H. The third kappa shape index (κ3) is 5.88. The number of guanidine groups is 1. The van der Waals surface area contributed by atoms with Crippen molar-refractivity contribution in [3.8, 4) is 0 Å². The normalized spacial score (nSPS) is 17.3. The van der Waals surface area contributed by atoms with Gasteiger partial charge in [0.2, 0.25) is 0 Å². The Labute approximate surface area is 161 Å². The highest BCUT2D eigenvalue weighted by Crippen LogP contribution is 2.35. The topological polar surface area (TPSA) is 45.7 Å². The maximum absolute atomic E-state index is 13.7. The van der Waals surface area contributed by atoms with Crippen LogP contribution in [0.15, 0.2) is 29.3 Å². The number of rotatable bonds is 5. The van der Waals surface area contributed by atoms with E-state index >= 15 is 0 Å². The van der Waals surface area contributed by atoms with Crippen molar-refractivity contribution in [1.29, 1.82) is 0 Å². The third-order valence-corrected chi connectivity index (χ3v) is 4.20. The van der Waals surface area contributed by atoms with Gasteiger partial charge in [-0.15, -0.1) is 24.0 Å². The lowest BCUT2D eigenvalue weighted by atomic mass is 9.74. The van der Waals surface area contributed by atoms with Crippen molar-refractivity contribution < 1.29 is 9.13 Å². The molecule has 1 aromatic rings. The van der Waals surface area contributed by atoms with Crippen molar-refractivity contribution in [2.24, 2.45) is 4.99 Å². The minimum Gasteiger partial charge on any atom is -0.381 e. The van der Waals surface area contributed by atoms with Crippen LogP contribution in [-0.2, 0) is 10.2 Å². The van der Waals surface area contributed by atoms with Crippen molar-refractivity contribution in [2.45, 2.75) is 45.1 Å². The fourth-order valence-corrected chi connectivity index (χ4v) is 2.94. The van der Waals surface area contributed by atoms with Gasteiger partial charge in [0.05, 0.1) is 6.54 Å². The van der Waals surface area contributed by atoms with Crippen molar-refractivity contribution in [2.75, 3.05) is 26.3 Å². The van der Waals surface area contributed by atoms with E-state index in [9.17, 15) is 4.39 Å². The molecule has 0 aliphatic carbocycles. The Morgan fingerprint density at radius 1 is 1.33 bits per heavy atom. The Balaban J connectivity index is 0.00000288. The van der Waals surface area contributed by atoms with Gasteiger partial charge < -0.3 is 15.4 Å². The largest absolute Gasteiger partial charge is 0.381 e. The molecule has 6 heteroatoms. The van der Waals surface area contributed by atoms with Crippen LogP contribution < -0.4 is 10.6 Å². The van der Waals surface area contributed by atoms with Gasteiger partial charge in [-0.1, -0.05) is 12.1 Å². The van der Waals surface area contributed by atoms with Crippen LogP contribution in [0.3, 0.4) is 0 Å². The predicted molar refractivity (Wildman–Crippen MR) is 108 cm³/mol. The van der Waals surface area contributed by atoms with Crippen molar-refractivity contribution in [3.05, 3.63) is 35.6 Å². The molecule has 2 rings (SSSR count). The number of hydrogen-bond acceptors (Lipinski definition) is 2. The smallest absolute Gasteiger partial charge is 0.191 e. The van der Waals surface area contributed by atoms with Crippen LogP contribution in [0.2, 0.25) is 0 Å². The highest BCUT2D eigenvalue weighted by Gasteiger charge is 2.34. The first kappa shape index (κ1) is 21.2. The van der Waals surface area contributed by atoms with Crippen LogP contribution in [0.5, 0.6) is 0 Å². The van der Waals surface area contributed by atoms with Gasteiger partial charge in [-0.2, -0.15) is 0 Å². The molecule has 0 aromatic heterocycles. The molecule has 2 N–H and O–H groups in total. The van der Waals surface area contributed by atoms with E-state index in [1.807, 2.05) is 13.0 Å². The number of ether oxygens (including phenoxy) is 1. The van der Waals surface area contributed by atoms with Gasteiger partial charge in [-0.05, 0) is 51.3 Å². The van der Waals surface area contributed by atoms with Gasteiger partial charge in [0, 0.05) is 31.2 Å². The first-order valence-corrected chi connectivity index (χ1v) is 8.44. The van der Waals surface area contributed by atoms with Gasteiger partial charge in [0.15, 0.2) is 5.96 Å². The number of aliphatic imine (C=N–C) groups is 1. The summed E-state index contributed by atoms with van der Waals surface area (Å²) in [6, 6.07) is 7.23. The van der Waals surface area contributed by atoms with Crippen LogP contribution in [0.1, 0.15) is 39.2 Å². The molecule has 0 amide bonds. The molecule has 1 aliphatic rings. The van der Waals surface area contributed by atoms with E-state index in [0.29, 0.717) is 25.8 Å². The van der Waals surface area contributed by atoms with Gasteiger partial charge in [-0.25, -0.2) is 4.39 Å². The molecule has 0 saturated carbocycles. The molecule has 0 radical (unpaired) electrons. The van der Waals surface area contributed by atoms with E-state index in [-0.39, 0.29) is 35.2 Å². The zero-order chi connectivity index (χ0) is 16.7. The summed E-state index contributed by atoms with van der Waals surface area (Å²) in [5, 5.41) is 6.60. The summed E-state index contributed by atoms with van der Waals surface area (Å²) in [5.41, 5.74) is 0.865. The molecular formula is C18H29FIN3O. The quantitative estimate of drug-likeness (QED) is 0.411. The molecular weight excluding hydrogens is 420 g/mol.